The summed E-state index contributed by atoms with van der Waals surface area (Å²) >= 11 is 1.53. The zero-order valence-electron chi connectivity index (χ0n) is 9.85. The molecule has 1 aromatic carbocycles. The third kappa shape index (κ3) is 4.06. The van der Waals surface area contributed by atoms with Gasteiger partial charge < -0.3 is 10.4 Å². The van der Waals surface area contributed by atoms with E-state index in [0.29, 0.717) is 11.8 Å². The van der Waals surface area contributed by atoms with Gasteiger partial charge in [0, 0.05) is 10.9 Å². The van der Waals surface area contributed by atoms with Crippen LogP contribution in [0.2, 0.25) is 0 Å². The molecule has 0 heterocycles. The molecule has 1 aromatic rings. The van der Waals surface area contributed by atoms with E-state index in [9.17, 15) is 9.90 Å². The molecule has 4 heteroatoms. The number of carbonyl (C=O) groups excluding carboxylic acids is 1. The molecule has 1 saturated carbocycles. The number of carbonyl (C=O) groups is 1. The largest absolute Gasteiger partial charge is 0.389 e. The second-order valence-electron chi connectivity index (χ2n) is 4.38. The number of aliphatic hydroxyl groups is 1. The monoisotopic (exact) mass is 251 g/mol. The summed E-state index contributed by atoms with van der Waals surface area (Å²) < 4.78 is 0. The summed E-state index contributed by atoms with van der Waals surface area (Å²) in [6.45, 7) is 1.74. The normalized spacial score (nSPS) is 16.6. The smallest absolute Gasteiger partial charge is 0.230 e. The Bertz CT molecular complexity index is 385. The van der Waals surface area contributed by atoms with Crippen molar-refractivity contribution in [3.63, 3.8) is 0 Å². The number of aliphatic hydroxyl groups excluding tert-OH is 1. The Balaban J connectivity index is 1.79. The fraction of sp³-hybridized carbons (Fsp3) is 0.462. The van der Waals surface area contributed by atoms with E-state index in [1.165, 1.54) is 11.8 Å². The summed E-state index contributed by atoms with van der Waals surface area (Å²) in [5.74, 6) is 0.571. The molecule has 1 aliphatic carbocycles. The van der Waals surface area contributed by atoms with Crippen LogP contribution in [0, 0.1) is 0 Å². The third-order valence-electron chi connectivity index (χ3n) is 2.67. The SMILES string of the molecule is CC(O)c1ccc(SCC(=O)NC2CC2)cc1. The zero-order chi connectivity index (χ0) is 12.3. The lowest BCUT2D eigenvalue weighted by molar-refractivity contribution is -0.118. The number of hydrogen-bond donors (Lipinski definition) is 2. The van der Waals surface area contributed by atoms with Gasteiger partial charge in [-0.05, 0) is 37.5 Å². The minimum absolute atomic E-state index is 0.108. The van der Waals surface area contributed by atoms with E-state index in [2.05, 4.69) is 5.32 Å². The molecule has 0 spiro atoms. The van der Waals surface area contributed by atoms with Gasteiger partial charge in [-0.15, -0.1) is 11.8 Å². The average Bonchev–Trinajstić information content (AvgIpc) is 3.11. The first-order chi connectivity index (χ1) is 8.15. The fourth-order valence-corrected chi connectivity index (χ4v) is 2.20. The molecule has 1 atom stereocenters. The number of amides is 1. The lowest BCUT2D eigenvalue weighted by Crippen LogP contribution is -2.26. The molecule has 0 saturated heterocycles. The lowest BCUT2D eigenvalue weighted by Gasteiger charge is -2.06. The highest BCUT2D eigenvalue weighted by Gasteiger charge is 2.22. The standard InChI is InChI=1S/C13H17NO2S/c1-9(15)10-2-6-12(7-3-10)17-8-13(16)14-11-4-5-11/h2-3,6-7,9,11,15H,4-5,8H2,1H3,(H,14,16). The summed E-state index contributed by atoms with van der Waals surface area (Å²) in [6, 6.07) is 8.10. The van der Waals surface area contributed by atoms with Crippen LogP contribution in [0.4, 0.5) is 0 Å². The Kier molecular flexibility index (Phi) is 4.07. The molecule has 0 bridgehead atoms. The maximum Gasteiger partial charge on any atom is 0.230 e. The van der Waals surface area contributed by atoms with Crippen molar-refractivity contribution in [2.24, 2.45) is 0 Å². The van der Waals surface area contributed by atoms with Crippen molar-refractivity contribution < 1.29 is 9.90 Å². The summed E-state index contributed by atoms with van der Waals surface area (Å²) in [5, 5.41) is 12.3. The maximum atomic E-state index is 11.5. The second kappa shape index (κ2) is 5.56. The topological polar surface area (TPSA) is 49.3 Å². The van der Waals surface area contributed by atoms with Gasteiger partial charge in [0.2, 0.25) is 5.91 Å². The minimum Gasteiger partial charge on any atom is -0.389 e. The molecule has 0 radical (unpaired) electrons. The Labute approximate surface area is 106 Å². The van der Waals surface area contributed by atoms with Crippen molar-refractivity contribution in [3.8, 4) is 0 Å². The summed E-state index contributed by atoms with van der Waals surface area (Å²) in [6.07, 6.45) is 1.81. The molecule has 3 nitrogen and oxygen atoms in total. The highest BCUT2D eigenvalue weighted by Crippen LogP contribution is 2.22. The van der Waals surface area contributed by atoms with E-state index >= 15 is 0 Å². The third-order valence-corrected chi connectivity index (χ3v) is 3.69. The lowest BCUT2D eigenvalue weighted by atomic mass is 10.1. The number of hydrogen-bond acceptors (Lipinski definition) is 3. The van der Waals surface area contributed by atoms with Crippen LogP contribution in [-0.4, -0.2) is 22.8 Å². The highest BCUT2D eigenvalue weighted by atomic mass is 32.2. The van der Waals surface area contributed by atoms with Crippen molar-refractivity contribution in [2.75, 3.05) is 5.75 Å². The van der Waals surface area contributed by atoms with Crippen LogP contribution >= 0.6 is 11.8 Å². The Hall–Kier alpha value is -1.00. The van der Waals surface area contributed by atoms with Crippen LogP contribution in [0.3, 0.4) is 0 Å². The van der Waals surface area contributed by atoms with E-state index < -0.39 is 6.10 Å². The Morgan fingerprint density at radius 1 is 1.47 bits per heavy atom. The Morgan fingerprint density at radius 2 is 2.12 bits per heavy atom. The maximum absolute atomic E-state index is 11.5. The molecule has 17 heavy (non-hydrogen) atoms. The molecular weight excluding hydrogens is 234 g/mol. The summed E-state index contributed by atoms with van der Waals surface area (Å²) in [4.78, 5) is 12.5. The molecule has 92 valence electrons. The van der Waals surface area contributed by atoms with Crippen LogP contribution in [0.25, 0.3) is 0 Å². The molecule has 1 unspecified atom stereocenters. The van der Waals surface area contributed by atoms with E-state index in [1.807, 2.05) is 24.3 Å². The van der Waals surface area contributed by atoms with Gasteiger partial charge in [-0.3, -0.25) is 4.79 Å². The predicted octanol–water partition coefficient (Wildman–Crippen LogP) is 2.11. The zero-order valence-corrected chi connectivity index (χ0v) is 10.7. The van der Waals surface area contributed by atoms with Crippen LogP contribution in [0.15, 0.2) is 29.2 Å². The fourth-order valence-electron chi connectivity index (χ4n) is 1.49. The van der Waals surface area contributed by atoms with Gasteiger partial charge in [0.25, 0.3) is 0 Å². The van der Waals surface area contributed by atoms with Crippen molar-refractivity contribution in [1.82, 2.24) is 5.32 Å². The van der Waals surface area contributed by atoms with Crippen LogP contribution in [0.5, 0.6) is 0 Å². The van der Waals surface area contributed by atoms with Gasteiger partial charge >= 0.3 is 0 Å². The van der Waals surface area contributed by atoms with E-state index in [-0.39, 0.29) is 5.91 Å². The average molecular weight is 251 g/mol. The van der Waals surface area contributed by atoms with E-state index in [4.69, 9.17) is 0 Å². The first-order valence-corrected chi connectivity index (χ1v) is 6.84. The predicted molar refractivity (Wildman–Crippen MR) is 69.0 cm³/mol. The summed E-state index contributed by atoms with van der Waals surface area (Å²) in [7, 11) is 0. The van der Waals surface area contributed by atoms with Gasteiger partial charge in [0.15, 0.2) is 0 Å². The van der Waals surface area contributed by atoms with Crippen LogP contribution < -0.4 is 5.32 Å². The van der Waals surface area contributed by atoms with Gasteiger partial charge in [0.1, 0.15) is 0 Å². The molecule has 1 amide bonds. The second-order valence-corrected chi connectivity index (χ2v) is 5.42. The molecule has 0 aliphatic heterocycles. The van der Waals surface area contributed by atoms with Gasteiger partial charge in [-0.25, -0.2) is 0 Å². The van der Waals surface area contributed by atoms with Gasteiger partial charge in [-0.2, -0.15) is 0 Å². The molecule has 2 N–H and O–H groups in total. The van der Waals surface area contributed by atoms with Gasteiger partial charge in [0.05, 0.1) is 11.9 Å². The quantitative estimate of drug-likeness (QED) is 0.788. The molecule has 1 aliphatic rings. The van der Waals surface area contributed by atoms with Gasteiger partial charge in [-0.1, -0.05) is 12.1 Å². The molecule has 1 fully saturated rings. The van der Waals surface area contributed by atoms with Crippen LogP contribution in [0.1, 0.15) is 31.4 Å². The Morgan fingerprint density at radius 3 is 2.65 bits per heavy atom. The van der Waals surface area contributed by atoms with Crippen LogP contribution in [-0.2, 0) is 4.79 Å². The summed E-state index contributed by atoms with van der Waals surface area (Å²) in [5.41, 5.74) is 0.900. The number of benzene rings is 1. The van der Waals surface area contributed by atoms with E-state index in [0.717, 1.165) is 23.3 Å². The molecule has 0 aromatic heterocycles. The van der Waals surface area contributed by atoms with Crippen molar-refractivity contribution in [3.05, 3.63) is 29.8 Å². The molecular formula is C13H17NO2S. The highest BCUT2D eigenvalue weighted by molar-refractivity contribution is 8.00. The number of rotatable bonds is 5. The minimum atomic E-state index is -0.438. The van der Waals surface area contributed by atoms with Crippen molar-refractivity contribution in [2.45, 2.75) is 36.8 Å². The number of nitrogens with one attached hydrogen (secondary N) is 1. The first kappa shape index (κ1) is 12.5. The van der Waals surface area contributed by atoms with E-state index in [1.54, 1.807) is 6.92 Å². The van der Waals surface area contributed by atoms with Crippen molar-refractivity contribution in [1.29, 1.82) is 0 Å². The first-order valence-electron chi connectivity index (χ1n) is 5.85. The van der Waals surface area contributed by atoms with Crippen molar-refractivity contribution >= 4 is 17.7 Å². The molecule has 2 rings (SSSR count). The number of thioether (sulfide) groups is 1.